The highest BCUT2D eigenvalue weighted by Gasteiger charge is 2.26. The first-order valence-corrected chi connectivity index (χ1v) is 9.58. The fourth-order valence-corrected chi connectivity index (χ4v) is 5.95. The molecule has 1 aliphatic heterocycles. The molecule has 2 rings (SSSR count). The molecule has 0 bridgehead atoms. The predicted molar refractivity (Wildman–Crippen MR) is 87.9 cm³/mol. The highest BCUT2D eigenvalue weighted by atomic mass is 32.3. The Morgan fingerprint density at radius 2 is 2.10 bits per heavy atom. The first-order valence-electron chi connectivity index (χ1n) is 6.51. The lowest BCUT2D eigenvalue weighted by molar-refractivity contribution is 0.191. The SMILES string of the molecule is COCCN1C=Cc2cc(S(=O)(=O)NC(C)(C)C)sc2S1. The summed E-state index contributed by atoms with van der Waals surface area (Å²) in [4.78, 5) is 0. The average molecular weight is 349 g/mol. The maximum atomic E-state index is 12.4. The molecule has 21 heavy (non-hydrogen) atoms. The average Bonchev–Trinajstić information content (AvgIpc) is 2.77. The topological polar surface area (TPSA) is 58.6 Å². The Kier molecular flexibility index (Phi) is 5.04. The summed E-state index contributed by atoms with van der Waals surface area (Å²) in [5.41, 5.74) is 0.463. The van der Waals surface area contributed by atoms with Gasteiger partial charge >= 0.3 is 0 Å². The van der Waals surface area contributed by atoms with E-state index in [2.05, 4.69) is 4.72 Å². The zero-order valence-electron chi connectivity index (χ0n) is 12.5. The van der Waals surface area contributed by atoms with Gasteiger partial charge in [0.25, 0.3) is 10.0 Å². The van der Waals surface area contributed by atoms with Gasteiger partial charge in [-0.3, -0.25) is 0 Å². The number of nitrogens with one attached hydrogen (secondary N) is 1. The van der Waals surface area contributed by atoms with E-state index >= 15 is 0 Å². The van der Waals surface area contributed by atoms with E-state index in [9.17, 15) is 8.42 Å². The molecule has 8 heteroatoms. The van der Waals surface area contributed by atoms with Crippen LogP contribution in [-0.2, 0) is 14.8 Å². The van der Waals surface area contributed by atoms with E-state index in [-0.39, 0.29) is 0 Å². The predicted octanol–water partition coefficient (Wildman–Crippen LogP) is 2.76. The second-order valence-corrected chi connectivity index (χ2v) is 9.98. The largest absolute Gasteiger partial charge is 0.383 e. The monoisotopic (exact) mass is 348 g/mol. The number of methoxy groups -OCH3 is 1. The zero-order chi connectivity index (χ0) is 15.7. The summed E-state index contributed by atoms with van der Waals surface area (Å²) in [6.07, 6.45) is 3.89. The Bertz CT molecular complexity index is 630. The van der Waals surface area contributed by atoms with Gasteiger partial charge in [0.15, 0.2) is 0 Å². The van der Waals surface area contributed by atoms with E-state index in [1.807, 2.05) is 37.4 Å². The Morgan fingerprint density at radius 3 is 2.71 bits per heavy atom. The number of hydrogen-bond donors (Lipinski definition) is 1. The van der Waals surface area contributed by atoms with Crippen LogP contribution >= 0.6 is 23.3 Å². The van der Waals surface area contributed by atoms with Crippen molar-refractivity contribution in [3.8, 4) is 0 Å². The quantitative estimate of drug-likeness (QED) is 0.829. The highest BCUT2D eigenvalue weighted by molar-refractivity contribution is 7.99. The van der Waals surface area contributed by atoms with Crippen LogP contribution in [0.15, 0.2) is 20.7 Å². The van der Waals surface area contributed by atoms with Crippen LogP contribution in [0.4, 0.5) is 0 Å². The Labute approximate surface area is 134 Å². The lowest BCUT2D eigenvalue weighted by Crippen LogP contribution is -2.40. The van der Waals surface area contributed by atoms with E-state index in [0.717, 1.165) is 16.3 Å². The number of ether oxygens (including phenoxy) is 1. The van der Waals surface area contributed by atoms with Gasteiger partial charge in [0.2, 0.25) is 0 Å². The second-order valence-electron chi connectivity index (χ2n) is 5.70. The van der Waals surface area contributed by atoms with Gasteiger partial charge in [0.05, 0.1) is 17.4 Å². The highest BCUT2D eigenvalue weighted by Crippen LogP contribution is 2.40. The summed E-state index contributed by atoms with van der Waals surface area (Å²) in [6.45, 7) is 6.89. The second kappa shape index (κ2) is 6.29. The van der Waals surface area contributed by atoms with Crippen LogP contribution in [0.2, 0.25) is 0 Å². The third-order valence-electron chi connectivity index (χ3n) is 2.54. The van der Waals surface area contributed by atoms with Crippen molar-refractivity contribution in [1.82, 2.24) is 9.03 Å². The van der Waals surface area contributed by atoms with Crippen molar-refractivity contribution in [1.29, 1.82) is 0 Å². The molecule has 2 heterocycles. The van der Waals surface area contributed by atoms with E-state index in [4.69, 9.17) is 4.74 Å². The molecule has 0 saturated carbocycles. The molecule has 0 fully saturated rings. The fraction of sp³-hybridized carbons (Fsp3) is 0.538. The number of rotatable bonds is 5. The van der Waals surface area contributed by atoms with Gasteiger partial charge in [-0.15, -0.1) is 11.3 Å². The Hall–Kier alpha value is -0.540. The summed E-state index contributed by atoms with van der Waals surface area (Å²) in [7, 11) is -1.80. The minimum Gasteiger partial charge on any atom is -0.383 e. The Balaban J connectivity index is 2.18. The summed E-state index contributed by atoms with van der Waals surface area (Å²) in [6, 6.07) is 1.73. The lowest BCUT2D eigenvalue weighted by Gasteiger charge is -2.21. The van der Waals surface area contributed by atoms with Crippen molar-refractivity contribution in [2.75, 3.05) is 20.3 Å². The molecule has 1 aromatic heterocycles. The lowest BCUT2D eigenvalue weighted by atomic mass is 10.1. The number of sulfonamides is 1. The summed E-state index contributed by atoms with van der Waals surface area (Å²) in [5.74, 6) is 0. The van der Waals surface area contributed by atoms with Gasteiger partial charge in [0.1, 0.15) is 4.21 Å². The van der Waals surface area contributed by atoms with Crippen molar-refractivity contribution in [2.45, 2.75) is 34.7 Å². The van der Waals surface area contributed by atoms with E-state index < -0.39 is 15.6 Å². The molecule has 0 spiro atoms. The molecule has 1 aromatic rings. The zero-order valence-corrected chi connectivity index (χ0v) is 15.0. The first kappa shape index (κ1) is 16.8. The van der Waals surface area contributed by atoms with Crippen LogP contribution in [0.25, 0.3) is 6.08 Å². The van der Waals surface area contributed by atoms with Gasteiger partial charge in [-0.1, -0.05) is 0 Å². The molecule has 118 valence electrons. The molecule has 0 aliphatic carbocycles. The molecular weight excluding hydrogens is 328 g/mol. The first-order chi connectivity index (χ1) is 9.71. The van der Waals surface area contributed by atoms with Gasteiger partial charge < -0.3 is 9.04 Å². The van der Waals surface area contributed by atoms with E-state index in [1.54, 1.807) is 25.1 Å². The third kappa shape index (κ3) is 4.46. The van der Waals surface area contributed by atoms with Crippen LogP contribution in [0.3, 0.4) is 0 Å². The third-order valence-corrected chi connectivity index (χ3v) is 7.14. The molecule has 1 aliphatic rings. The maximum Gasteiger partial charge on any atom is 0.250 e. The smallest absolute Gasteiger partial charge is 0.250 e. The van der Waals surface area contributed by atoms with Crippen LogP contribution in [0.5, 0.6) is 0 Å². The van der Waals surface area contributed by atoms with E-state index in [1.165, 1.54) is 11.3 Å². The minimum atomic E-state index is -3.47. The van der Waals surface area contributed by atoms with E-state index in [0.29, 0.717) is 10.8 Å². The molecule has 0 radical (unpaired) electrons. The van der Waals surface area contributed by atoms with Gasteiger partial charge in [0, 0.05) is 24.4 Å². The molecule has 0 aromatic carbocycles. The van der Waals surface area contributed by atoms with Gasteiger partial charge in [-0.05, 0) is 44.9 Å². The number of hydrogen-bond acceptors (Lipinski definition) is 6. The van der Waals surface area contributed by atoms with Crippen molar-refractivity contribution in [2.24, 2.45) is 0 Å². The summed E-state index contributed by atoms with van der Waals surface area (Å²) >= 11 is 2.84. The van der Waals surface area contributed by atoms with Crippen LogP contribution in [0.1, 0.15) is 26.3 Å². The molecule has 0 atom stereocenters. The molecule has 5 nitrogen and oxygen atoms in total. The number of fused-ring (bicyclic) bond motifs is 1. The molecule has 0 unspecified atom stereocenters. The van der Waals surface area contributed by atoms with Crippen molar-refractivity contribution < 1.29 is 13.2 Å². The normalized spacial score (nSPS) is 15.3. The molecule has 0 saturated heterocycles. The molecule has 1 N–H and O–H groups in total. The van der Waals surface area contributed by atoms with Crippen molar-refractivity contribution in [3.05, 3.63) is 17.8 Å². The summed E-state index contributed by atoms with van der Waals surface area (Å²) in [5, 5.41) is 0. The Morgan fingerprint density at radius 1 is 1.38 bits per heavy atom. The van der Waals surface area contributed by atoms with Crippen LogP contribution in [-0.4, -0.2) is 38.5 Å². The molecular formula is C13H20N2O3S3. The maximum absolute atomic E-state index is 12.4. The standard InChI is InChI=1S/C13H20N2O3S3/c1-13(2,3)14-21(16,17)11-9-10-5-6-15(7-8-18-4)20-12(10)19-11/h5-6,9,14H,7-8H2,1-4H3. The van der Waals surface area contributed by atoms with Crippen molar-refractivity contribution >= 4 is 39.4 Å². The molecule has 0 amide bonds. The van der Waals surface area contributed by atoms with Gasteiger partial charge in [-0.2, -0.15) is 0 Å². The minimum absolute atomic E-state index is 0.355. The number of nitrogens with zero attached hydrogens (tertiary/aromatic N) is 1. The van der Waals surface area contributed by atoms with Gasteiger partial charge in [-0.25, -0.2) is 13.1 Å². The van der Waals surface area contributed by atoms with Crippen molar-refractivity contribution in [3.63, 3.8) is 0 Å². The fourth-order valence-electron chi connectivity index (χ4n) is 1.74. The number of thiophene rings is 1. The van der Waals surface area contributed by atoms with Crippen LogP contribution in [0, 0.1) is 0 Å². The summed E-state index contributed by atoms with van der Waals surface area (Å²) < 4.78 is 35.8. The van der Waals surface area contributed by atoms with Crippen LogP contribution < -0.4 is 4.72 Å².